The Morgan fingerprint density at radius 1 is 1.53 bits per heavy atom. The summed E-state index contributed by atoms with van der Waals surface area (Å²) in [6.07, 6.45) is 4.99. The molecule has 0 fully saturated rings. The highest BCUT2D eigenvalue weighted by Crippen LogP contribution is 2.21. The van der Waals surface area contributed by atoms with Crippen molar-refractivity contribution in [3.05, 3.63) is 35.0 Å². The van der Waals surface area contributed by atoms with Crippen LogP contribution in [0, 0.1) is 0 Å². The number of pyridine rings is 1. The lowest BCUT2D eigenvalue weighted by Crippen LogP contribution is -2.33. The molecule has 0 unspecified atom stereocenters. The molecule has 2 heterocycles. The van der Waals surface area contributed by atoms with Gasteiger partial charge in [-0.1, -0.05) is 6.07 Å². The smallest absolute Gasteiger partial charge is 0.342 e. The quantitative estimate of drug-likeness (QED) is 0.808. The summed E-state index contributed by atoms with van der Waals surface area (Å²) >= 11 is 0.924. The van der Waals surface area contributed by atoms with Gasteiger partial charge in [-0.2, -0.15) is 0 Å². The summed E-state index contributed by atoms with van der Waals surface area (Å²) in [5, 5.41) is 12.0. The first-order chi connectivity index (χ1) is 9.15. The first-order valence-electron chi connectivity index (χ1n) is 5.52. The molecule has 6 nitrogen and oxygen atoms in total. The lowest BCUT2D eigenvalue weighted by molar-refractivity contribution is -0.131. The van der Waals surface area contributed by atoms with E-state index in [4.69, 9.17) is 5.11 Å². The van der Waals surface area contributed by atoms with E-state index in [0.29, 0.717) is 23.7 Å². The van der Waals surface area contributed by atoms with Gasteiger partial charge < -0.3 is 10.4 Å². The van der Waals surface area contributed by atoms with E-state index in [1.807, 2.05) is 0 Å². The minimum Gasteiger partial charge on any atom is -0.477 e. The fourth-order valence-electron chi connectivity index (χ4n) is 1.39. The van der Waals surface area contributed by atoms with Crippen molar-refractivity contribution >= 4 is 34.9 Å². The Morgan fingerprint density at radius 2 is 2.37 bits per heavy atom. The number of aliphatic carboxylic acids is 1. The molecule has 1 amide bonds. The second kappa shape index (κ2) is 6.14. The Kier molecular flexibility index (Phi) is 4.30. The first kappa shape index (κ1) is 13.3. The van der Waals surface area contributed by atoms with Crippen molar-refractivity contribution in [1.29, 1.82) is 0 Å². The van der Waals surface area contributed by atoms with Crippen LogP contribution in [0.2, 0.25) is 0 Å². The predicted molar refractivity (Wildman–Crippen MR) is 72.5 cm³/mol. The number of rotatable bonds is 3. The summed E-state index contributed by atoms with van der Waals surface area (Å²) in [7, 11) is 0. The average Bonchev–Trinajstić information content (AvgIpc) is 2.39. The standard InChI is InChI=1S/C12H11N3O3S/c16-10-3-5-14-12(15-10)19-9(11(17)18)6-8-2-1-4-13-7-8/h1-2,4,6-7H,3,5H2,(H,17,18)(H,14,15,16). The molecule has 0 radical (unpaired) electrons. The van der Waals surface area contributed by atoms with Crippen LogP contribution < -0.4 is 5.32 Å². The molecule has 1 aliphatic heterocycles. The van der Waals surface area contributed by atoms with Crippen LogP contribution in [-0.2, 0) is 9.59 Å². The zero-order chi connectivity index (χ0) is 13.7. The van der Waals surface area contributed by atoms with Crippen LogP contribution in [0.1, 0.15) is 12.0 Å². The molecular weight excluding hydrogens is 266 g/mol. The predicted octanol–water partition coefficient (Wildman–Crippen LogP) is 1.12. The van der Waals surface area contributed by atoms with Crippen molar-refractivity contribution in [1.82, 2.24) is 10.3 Å². The highest BCUT2D eigenvalue weighted by Gasteiger charge is 2.17. The van der Waals surface area contributed by atoms with Gasteiger partial charge in [0.2, 0.25) is 5.91 Å². The molecule has 0 bridgehead atoms. The number of amidine groups is 1. The van der Waals surface area contributed by atoms with E-state index in [1.165, 1.54) is 6.08 Å². The number of nitrogens with one attached hydrogen (secondary N) is 1. The third kappa shape index (κ3) is 3.92. The van der Waals surface area contributed by atoms with Crippen LogP contribution in [0.5, 0.6) is 0 Å². The Balaban J connectivity index is 2.17. The number of hydrogen-bond donors (Lipinski definition) is 2. The molecule has 2 rings (SSSR count). The maximum atomic E-state index is 11.2. The van der Waals surface area contributed by atoms with Crippen molar-refractivity contribution in [3.8, 4) is 0 Å². The van der Waals surface area contributed by atoms with Crippen LogP contribution in [0.4, 0.5) is 0 Å². The van der Waals surface area contributed by atoms with Gasteiger partial charge in [0.1, 0.15) is 4.91 Å². The largest absolute Gasteiger partial charge is 0.477 e. The fourth-order valence-corrected chi connectivity index (χ4v) is 2.20. The minimum atomic E-state index is -1.07. The van der Waals surface area contributed by atoms with E-state index >= 15 is 0 Å². The van der Waals surface area contributed by atoms with E-state index < -0.39 is 5.97 Å². The summed E-state index contributed by atoms with van der Waals surface area (Å²) in [4.78, 5) is 30.4. The number of carboxylic acids is 1. The number of amides is 1. The monoisotopic (exact) mass is 277 g/mol. The number of aromatic nitrogens is 1. The van der Waals surface area contributed by atoms with E-state index in [-0.39, 0.29) is 10.8 Å². The number of thioether (sulfide) groups is 1. The second-order valence-electron chi connectivity index (χ2n) is 3.69. The van der Waals surface area contributed by atoms with Gasteiger partial charge in [0, 0.05) is 18.8 Å². The molecular formula is C12H11N3O3S. The summed E-state index contributed by atoms with van der Waals surface area (Å²) in [6, 6.07) is 3.47. The number of carboxylic acid groups (broad SMARTS) is 1. The average molecular weight is 277 g/mol. The molecule has 0 aliphatic carbocycles. The highest BCUT2D eigenvalue weighted by atomic mass is 32.2. The lowest BCUT2D eigenvalue weighted by Gasteiger charge is -2.12. The summed E-state index contributed by atoms with van der Waals surface area (Å²) < 4.78 is 0. The summed E-state index contributed by atoms with van der Waals surface area (Å²) in [6.45, 7) is 0.383. The molecule has 0 saturated carbocycles. The summed E-state index contributed by atoms with van der Waals surface area (Å²) in [5.41, 5.74) is 0.676. The van der Waals surface area contributed by atoms with Crippen molar-refractivity contribution < 1.29 is 14.7 Å². The first-order valence-corrected chi connectivity index (χ1v) is 6.34. The molecule has 7 heteroatoms. The SMILES string of the molecule is O=C1CCN=C(SC(=Cc2cccnc2)C(=O)O)N1. The fraction of sp³-hybridized carbons (Fsp3) is 0.167. The molecule has 1 aliphatic rings. The molecule has 0 aromatic carbocycles. The molecule has 2 N–H and O–H groups in total. The van der Waals surface area contributed by atoms with Crippen molar-refractivity contribution in [2.45, 2.75) is 6.42 Å². The maximum Gasteiger partial charge on any atom is 0.342 e. The van der Waals surface area contributed by atoms with Crippen molar-refractivity contribution in [3.63, 3.8) is 0 Å². The zero-order valence-corrected chi connectivity index (χ0v) is 10.7. The van der Waals surface area contributed by atoms with Gasteiger partial charge in [-0.15, -0.1) is 0 Å². The van der Waals surface area contributed by atoms with Crippen LogP contribution in [0.15, 0.2) is 34.4 Å². The molecule has 19 heavy (non-hydrogen) atoms. The molecule has 0 spiro atoms. The third-order valence-corrected chi connectivity index (χ3v) is 3.18. The Bertz CT molecular complexity index is 555. The normalized spacial score (nSPS) is 15.7. The molecule has 1 aromatic heterocycles. The lowest BCUT2D eigenvalue weighted by atomic mass is 10.2. The topological polar surface area (TPSA) is 91.7 Å². The van der Waals surface area contributed by atoms with Gasteiger partial charge >= 0.3 is 5.97 Å². The molecule has 98 valence electrons. The van der Waals surface area contributed by atoms with Gasteiger partial charge in [0.25, 0.3) is 0 Å². The Labute approximate surface area is 113 Å². The maximum absolute atomic E-state index is 11.2. The van der Waals surface area contributed by atoms with Crippen molar-refractivity contribution in [2.75, 3.05) is 6.54 Å². The van der Waals surface area contributed by atoms with Crippen molar-refractivity contribution in [2.24, 2.45) is 4.99 Å². The molecule has 1 aromatic rings. The van der Waals surface area contributed by atoms with Crippen LogP contribution in [0.25, 0.3) is 6.08 Å². The van der Waals surface area contributed by atoms with E-state index in [0.717, 1.165) is 11.8 Å². The third-order valence-electron chi connectivity index (χ3n) is 2.24. The number of nitrogens with zero attached hydrogens (tertiary/aromatic N) is 2. The summed E-state index contributed by atoms with van der Waals surface area (Å²) in [5.74, 6) is -1.22. The number of aliphatic imine (C=N–C) groups is 1. The Hall–Kier alpha value is -2.15. The second-order valence-corrected chi connectivity index (χ2v) is 4.72. The van der Waals surface area contributed by atoms with Gasteiger partial charge in [0.15, 0.2) is 5.17 Å². The van der Waals surface area contributed by atoms with Crippen LogP contribution in [0.3, 0.4) is 0 Å². The van der Waals surface area contributed by atoms with E-state index in [2.05, 4.69) is 15.3 Å². The number of carbonyl (C=O) groups is 2. The zero-order valence-electron chi connectivity index (χ0n) is 9.87. The van der Waals surface area contributed by atoms with Gasteiger partial charge in [0.05, 0.1) is 6.54 Å². The Morgan fingerprint density at radius 3 is 3.00 bits per heavy atom. The van der Waals surface area contributed by atoms with E-state index in [9.17, 15) is 9.59 Å². The number of carbonyl (C=O) groups excluding carboxylic acids is 1. The molecule has 0 atom stereocenters. The molecule has 0 saturated heterocycles. The van der Waals surface area contributed by atoms with Gasteiger partial charge in [-0.25, -0.2) is 4.79 Å². The van der Waals surface area contributed by atoms with E-state index in [1.54, 1.807) is 24.5 Å². The van der Waals surface area contributed by atoms with Gasteiger partial charge in [-0.3, -0.25) is 14.8 Å². The highest BCUT2D eigenvalue weighted by molar-refractivity contribution is 8.18. The number of hydrogen-bond acceptors (Lipinski definition) is 5. The van der Waals surface area contributed by atoms with Gasteiger partial charge in [-0.05, 0) is 29.5 Å². The van der Waals surface area contributed by atoms with Crippen LogP contribution in [-0.4, -0.2) is 33.7 Å². The minimum absolute atomic E-state index is 0.0777. The van der Waals surface area contributed by atoms with Crippen LogP contribution >= 0.6 is 11.8 Å².